The Bertz CT molecular complexity index is 517. The van der Waals surface area contributed by atoms with Crippen LogP contribution in [0.4, 0.5) is 18.9 Å². The van der Waals surface area contributed by atoms with E-state index in [1.54, 1.807) is 6.07 Å². The van der Waals surface area contributed by atoms with Crippen LogP contribution in [-0.2, 0) is 16.0 Å². The first-order chi connectivity index (χ1) is 9.85. The number of hydrogen-bond acceptors (Lipinski definition) is 3. The molecule has 116 valence electrons. The minimum Gasteiger partial charge on any atom is -0.399 e. The van der Waals surface area contributed by atoms with E-state index >= 15 is 0 Å². The fraction of sp³-hybridized carbons (Fsp3) is 0.500. The van der Waals surface area contributed by atoms with Gasteiger partial charge in [0.1, 0.15) is 13.2 Å². The fourth-order valence-electron chi connectivity index (χ4n) is 2.48. The van der Waals surface area contributed by atoms with Crippen LogP contribution in [0, 0.1) is 0 Å². The largest absolute Gasteiger partial charge is 0.411 e. The van der Waals surface area contributed by atoms with Crippen molar-refractivity contribution in [3.8, 4) is 0 Å². The zero-order valence-corrected chi connectivity index (χ0v) is 11.4. The molecular formula is C14H17F3N2O2. The van der Waals surface area contributed by atoms with E-state index in [-0.39, 0.29) is 6.04 Å². The maximum absolute atomic E-state index is 11.9. The second-order valence-electron chi connectivity index (χ2n) is 5.08. The molecule has 0 saturated carbocycles. The van der Waals surface area contributed by atoms with E-state index in [4.69, 9.17) is 5.73 Å². The molecule has 1 unspecified atom stereocenters. The van der Waals surface area contributed by atoms with Crippen LogP contribution >= 0.6 is 0 Å². The average Bonchev–Trinajstić information content (AvgIpc) is 2.37. The summed E-state index contributed by atoms with van der Waals surface area (Å²) in [6.07, 6.45) is -1.89. The number of halogens is 3. The first-order valence-corrected chi connectivity index (χ1v) is 6.67. The molecule has 0 aromatic heterocycles. The van der Waals surface area contributed by atoms with Gasteiger partial charge in [-0.2, -0.15) is 13.2 Å². The van der Waals surface area contributed by atoms with Gasteiger partial charge in [-0.25, -0.2) is 0 Å². The Morgan fingerprint density at radius 3 is 2.90 bits per heavy atom. The van der Waals surface area contributed by atoms with Crippen molar-refractivity contribution in [3.05, 3.63) is 29.3 Å². The quantitative estimate of drug-likeness (QED) is 0.839. The molecule has 0 aliphatic heterocycles. The van der Waals surface area contributed by atoms with Crippen LogP contribution < -0.4 is 11.1 Å². The first-order valence-electron chi connectivity index (χ1n) is 6.67. The number of benzene rings is 1. The van der Waals surface area contributed by atoms with Crippen molar-refractivity contribution in [3.63, 3.8) is 0 Å². The van der Waals surface area contributed by atoms with Gasteiger partial charge in [-0.05, 0) is 42.5 Å². The van der Waals surface area contributed by atoms with Crippen molar-refractivity contribution in [2.45, 2.75) is 31.5 Å². The summed E-state index contributed by atoms with van der Waals surface area (Å²) in [5, 5.41) is 2.71. The van der Waals surface area contributed by atoms with Crippen LogP contribution in [0.5, 0.6) is 0 Å². The van der Waals surface area contributed by atoms with Crippen LogP contribution in [0.1, 0.15) is 30.0 Å². The number of fused-ring (bicyclic) bond motifs is 1. The molecule has 1 aliphatic carbocycles. The summed E-state index contributed by atoms with van der Waals surface area (Å²) in [6.45, 7) is -2.02. The van der Waals surface area contributed by atoms with Crippen LogP contribution in [-0.4, -0.2) is 25.3 Å². The Labute approximate surface area is 120 Å². The highest BCUT2D eigenvalue weighted by Crippen LogP contribution is 2.30. The van der Waals surface area contributed by atoms with E-state index in [1.165, 1.54) is 0 Å². The number of ether oxygens (including phenoxy) is 1. The third kappa shape index (κ3) is 4.63. The van der Waals surface area contributed by atoms with Gasteiger partial charge in [0.25, 0.3) is 0 Å². The van der Waals surface area contributed by atoms with Crippen LogP contribution in [0.25, 0.3) is 0 Å². The number of amides is 1. The molecule has 3 N–H and O–H groups in total. The van der Waals surface area contributed by atoms with E-state index in [9.17, 15) is 18.0 Å². The molecule has 0 bridgehead atoms. The summed E-state index contributed by atoms with van der Waals surface area (Å²) in [6, 6.07) is 5.28. The van der Waals surface area contributed by atoms with Crippen molar-refractivity contribution in [1.82, 2.24) is 5.32 Å². The van der Waals surface area contributed by atoms with Crippen LogP contribution in [0.3, 0.4) is 0 Å². The van der Waals surface area contributed by atoms with Crippen molar-refractivity contribution in [2.75, 3.05) is 18.9 Å². The maximum atomic E-state index is 11.9. The predicted molar refractivity (Wildman–Crippen MR) is 71.6 cm³/mol. The number of nitrogen functional groups attached to an aromatic ring is 1. The van der Waals surface area contributed by atoms with Gasteiger partial charge in [0.15, 0.2) is 0 Å². The van der Waals surface area contributed by atoms with Crippen molar-refractivity contribution in [1.29, 1.82) is 0 Å². The van der Waals surface area contributed by atoms with Crippen molar-refractivity contribution < 1.29 is 22.7 Å². The molecule has 0 radical (unpaired) electrons. The van der Waals surface area contributed by atoms with E-state index in [0.29, 0.717) is 5.69 Å². The Kier molecular flexibility index (Phi) is 4.72. The summed E-state index contributed by atoms with van der Waals surface area (Å²) in [7, 11) is 0. The Hall–Kier alpha value is -1.76. The topological polar surface area (TPSA) is 64.3 Å². The Balaban J connectivity index is 1.91. The number of alkyl halides is 3. The molecule has 0 heterocycles. The molecule has 1 amide bonds. The van der Waals surface area contributed by atoms with Gasteiger partial charge >= 0.3 is 6.18 Å². The zero-order chi connectivity index (χ0) is 15.5. The molecule has 0 saturated heterocycles. The minimum absolute atomic E-state index is 0.198. The van der Waals surface area contributed by atoms with Gasteiger partial charge in [-0.3, -0.25) is 4.79 Å². The lowest BCUT2D eigenvalue weighted by Gasteiger charge is -2.26. The highest BCUT2D eigenvalue weighted by Gasteiger charge is 2.28. The highest BCUT2D eigenvalue weighted by atomic mass is 19.4. The minimum atomic E-state index is -4.42. The standard InChI is InChI=1S/C14H17F3N2O2/c15-14(16,17)8-21-7-13(20)19-12-3-1-2-9-6-10(18)4-5-11(9)12/h4-6,12H,1-3,7-8,18H2,(H,19,20). The van der Waals surface area contributed by atoms with Crippen molar-refractivity contribution >= 4 is 11.6 Å². The normalized spacial score (nSPS) is 18.1. The molecule has 0 fully saturated rings. The van der Waals surface area contributed by atoms with Gasteiger partial charge < -0.3 is 15.8 Å². The lowest BCUT2D eigenvalue weighted by molar-refractivity contribution is -0.175. The molecule has 7 heteroatoms. The van der Waals surface area contributed by atoms with Gasteiger partial charge in [0.05, 0.1) is 6.04 Å². The van der Waals surface area contributed by atoms with Crippen LogP contribution in [0.2, 0.25) is 0 Å². The summed E-state index contributed by atoms with van der Waals surface area (Å²) < 4.78 is 40.1. The third-order valence-corrected chi connectivity index (χ3v) is 3.32. The highest BCUT2D eigenvalue weighted by molar-refractivity contribution is 5.77. The number of nitrogens with one attached hydrogen (secondary N) is 1. The second kappa shape index (κ2) is 6.34. The average molecular weight is 302 g/mol. The monoisotopic (exact) mass is 302 g/mol. The zero-order valence-electron chi connectivity index (χ0n) is 11.4. The number of anilines is 1. The summed E-state index contributed by atoms with van der Waals surface area (Å²) in [5.74, 6) is -0.547. The molecular weight excluding hydrogens is 285 g/mol. The first kappa shape index (κ1) is 15.6. The molecule has 4 nitrogen and oxygen atoms in total. The molecule has 2 rings (SSSR count). The van der Waals surface area contributed by atoms with E-state index in [1.807, 2.05) is 12.1 Å². The molecule has 1 aliphatic rings. The molecule has 0 spiro atoms. The SMILES string of the molecule is Nc1ccc2c(c1)CCCC2NC(=O)COCC(F)(F)F. The number of rotatable bonds is 4. The molecule has 1 aromatic rings. The Morgan fingerprint density at radius 2 is 2.19 bits per heavy atom. The van der Waals surface area contributed by atoms with Gasteiger partial charge in [0, 0.05) is 5.69 Å². The van der Waals surface area contributed by atoms with Gasteiger partial charge in [-0.15, -0.1) is 0 Å². The van der Waals surface area contributed by atoms with E-state index in [2.05, 4.69) is 10.1 Å². The lowest BCUT2D eigenvalue weighted by atomic mass is 9.87. The van der Waals surface area contributed by atoms with Crippen molar-refractivity contribution in [2.24, 2.45) is 0 Å². The lowest BCUT2D eigenvalue weighted by Crippen LogP contribution is -2.34. The maximum Gasteiger partial charge on any atom is 0.411 e. The summed E-state index contributed by atoms with van der Waals surface area (Å²) in [5.41, 5.74) is 8.43. The molecule has 1 atom stereocenters. The second-order valence-corrected chi connectivity index (χ2v) is 5.08. The third-order valence-electron chi connectivity index (χ3n) is 3.32. The van der Waals surface area contributed by atoms with Gasteiger partial charge in [0.2, 0.25) is 5.91 Å². The van der Waals surface area contributed by atoms with Crippen LogP contribution in [0.15, 0.2) is 18.2 Å². The van der Waals surface area contributed by atoms with Gasteiger partial charge in [-0.1, -0.05) is 6.07 Å². The molecule has 21 heavy (non-hydrogen) atoms. The Morgan fingerprint density at radius 1 is 1.43 bits per heavy atom. The smallest absolute Gasteiger partial charge is 0.399 e. The fourth-order valence-corrected chi connectivity index (χ4v) is 2.48. The predicted octanol–water partition coefficient (Wildman–Crippen LogP) is 2.34. The summed E-state index contributed by atoms with van der Waals surface area (Å²) >= 11 is 0. The van der Waals surface area contributed by atoms with E-state index in [0.717, 1.165) is 30.4 Å². The summed E-state index contributed by atoms with van der Waals surface area (Å²) in [4.78, 5) is 11.6. The number of nitrogens with two attached hydrogens (primary N) is 1. The number of carbonyl (C=O) groups excluding carboxylic acids is 1. The number of carbonyl (C=O) groups is 1. The number of aryl methyl sites for hydroxylation is 1. The number of hydrogen-bond donors (Lipinski definition) is 2. The molecule has 1 aromatic carbocycles. The van der Waals surface area contributed by atoms with E-state index < -0.39 is 25.3 Å².